The van der Waals surface area contributed by atoms with Gasteiger partial charge in [-0.3, -0.25) is 4.18 Å². The van der Waals surface area contributed by atoms with Gasteiger partial charge in [-0.25, -0.2) is 8.42 Å². The first kappa shape index (κ1) is 22.9. The number of rotatable bonds is 6. The number of hydrogen-bond donors (Lipinski definition) is 2. The average molecular weight is 382 g/mol. The molecule has 0 saturated heterocycles. The maximum absolute atomic E-state index is 10.6. The first-order valence-corrected chi connectivity index (χ1v) is 9.15. The molecule has 1 aromatic rings. The monoisotopic (exact) mass is 382 g/mol. The van der Waals surface area contributed by atoms with E-state index in [-0.39, 0.29) is 42.6 Å². The zero-order chi connectivity index (χ0) is 18.0. The topological polar surface area (TPSA) is 116 Å². The van der Waals surface area contributed by atoms with Gasteiger partial charge in [-0.15, -0.1) is 0 Å². The van der Waals surface area contributed by atoms with E-state index in [0.717, 1.165) is 18.4 Å². The van der Waals surface area contributed by atoms with Crippen LogP contribution in [0.15, 0.2) is 24.3 Å². The minimum Gasteiger partial charge on any atom is -0.726 e. The molecule has 0 bridgehead atoms. The van der Waals surface area contributed by atoms with Crippen molar-refractivity contribution in [2.45, 2.75) is 56.8 Å². The minimum absolute atomic E-state index is 0. The van der Waals surface area contributed by atoms with Crippen molar-refractivity contribution in [3.8, 4) is 5.75 Å². The second kappa shape index (κ2) is 8.67. The number of benzene rings is 1. The van der Waals surface area contributed by atoms with Gasteiger partial charge in [0.1, 0.15) is 5.75 Å². The van der Waals surface area contributed by atoms with Crippen LogP contribution in [0.2, 0.25) is 0 Å². The van der Waals surface area contributed by atoms with Crippen molar-refractivity contribution in [3.63, 3.8) is 0 Å². The van der Waals surface area contributed by atoms with Gasteiger partial charge in [-0.1, -0.05) is 26.0 Å². The summed E-state index contributed by atoms with van der Waals surface area (Å²) in [5.41, 5.74) is 0.0832. The van der Waals surface area contributed by atoms with Gasteiger partial charge in [-0.2, -0.15) is 0 Å². The van der Waals surface area contributed by atoms with Gasteiger partial charge < -0.3 is 19.5 Å². The fourth-order valence-corrected chi connectivity index (χ4v) is 3.15. The molecule has 1 aliphatic rings. The molecule has 2 N–H and O–H groups in total. The Hall–Kier alpha value is -0.190. The zero-order valence-corrected chi connectivity index (χ0v) is 17.6. The van der Waals surface area contributed by atoms with Crippen LogP contribution >= 0.6 is 0 Å². The van der Waals surface area contributed by atoms with Crippen molar-refractivity contribution < 1.29 is 61.7 Å². The Bertz CT molecular complexity index is 656. The van der Waals surface area contributed by atoms with E-state index in [2.05, 4.69) is 4.18 Å². The van der Waals surface area contributed by atoms with Crippen LogP contribution in [-0.2, 0) is 20.0 Å². The van der Waals surface area contributed by atoms with Crippen LogP contribution in [0.3, 0.4) is 0 Å². The van der Waals surface area contributed by atoms with Crippen molar-refractivity contribution in [3.05, 3.63) is 29.8 Å². The summed E-state index contributed by atoms with van der Waals surface area (Å²) in [6, 6.07) is 6.81. The van der Waals surface area contributed by atoms with Crippen molar-refractivity contribution >= 4 is 10.4 Å². The summed E-state index contributed by atoms with van der Waals surface area (Å²) in [6.07, 6.45) is 1.79. The molecule has 136 valence electrons. The summed E-state index contributed by atoms with van der Waals surface area (Å²) in [5, 5.41) is 19.9. The molecule has 2 rings (SSSR count). The molecule has 0 spiro atoms. The van der Waals surface area contributed by atoms with Crippen molar-refractivity contribution in [1.82, 2.24) is 0 Å². The van der Waals surface area contributed by atoms with Crippen LogP contribution in [0.25, 0.3) is 0 Å². The molecule has 1 atom stereocenters. The normalized spacial score (nSPS) is 20.6. The summed E-state index contributed by atoms with van der Waals surface area (Å²) in [7, 11) is -4.74. The van der Waals surface area contributed by atoms with Crippen LogP contribution in [0, 0.1) is 0 Å². The first-order chi connectivity index (χ1) is 11.0. The first-order valence-electron chi connectivity index (χ1n) is 7.82. The van der Waals surface area contributed by atoms with Crippen LogP contribution in [0.4, 0.5) is 0 Å². The Labute approximate surface area is 170 Å². The van der Waals surface area contributed by atoms with E-state index in [9.17, 15) is 23.2 Å². The molecule has 1 aliphatic carbocycles. The maximum atomic E-state index is 10.6. The number of hydrogen-bond acceptors (Lipinski definition) is 7. The summed E-state index contributed by atoms with van der Waals surface area (Å²) in [6.45, 7) is 3.24. The van der Waals surface area contributed by atoms with Crippen molar-refractivity contribution in [1.29, 1.82) is 0 Å². The SMILES string of the molecule is CC(C)(COS(=O)(=O)[O-])c1ccc(OC2CCCCC2(O)O)cc1.[Na+]. The molecule has 0 heterocycles. The molecule has 0 aliphatic heterocycles. The fourth-order valence-electron chi connectivity index (χ4n) is 2.71. The molecular formula is C16H23NaO7S. The van der Waals surface area contributed by atoms with E-state index >= 15 is 0 Å². The molecular weight excluding hydrogens is 359 g/mol. The van der Waals surface area contributed by atoms with Crippen LogP contribution in [0.5, 0.6) is 5.75 Å². The van der Waals surface area contributed by atoms with Gasteiger partial charge in [0.15, 0.2) is 6.10 Å². The Kier molecular flexibility index (Phi) is 7.92. The van der Waals surface area contributed by atoms with Gasteiger partial charge in [0.25, 0.3) is 0 Å². The summed E-state index contributed by atoms with van der Waals surface area (Å²) in [4.78, 5) is 0. The third-order valence-corrected chi connectivity index (χ3v) is 4.66. The molecule has 0 radical (unpaired) electrons. The van der Waals surface area contributed by atoms with Gasteiger partial charge in [0.05, 0.1) is 6.61 Å². The van der Waals surface area contributed by atoms with Gasteiger partial charge in [0.2, 0.25) is 16.2 Å². The zero-order valence-electron chi connectivity index (χ0n) is 14.8. The Morgan fingerprint density at radius 1 is 1.24 bits per heavy atom. The van der Waals surface area contributed by atoms with E-state index in [1.54, 1.807) is 38.1 Å². The number of ether oxygens (including phenoxy) is 1. The minimum atomic E-state index is -4.74. The molecule has 25 heavy (non-hydrogen) atoms. The van der Waals surface area contributed by atoms with Crippen LogP contribution in [0.1, 0.15) is 45.1 Å². The molecule has 1 aromatic carbocycles. The second-order valence-electron chi connectivity index (χ2n) is 6.81. The molecule has 9 heteroatoms. The van der Waals surface area contributed by atoms with Crippen molar-refractivity contribution in [2.75, 3.05) is 6.61 Å². The van der Waals surface area contributed by atoms with E-state index in [1.165, 1.54) is 0 Å². The van der Waals surface area contributed by atoms with E-state index in [1.807, 2.05) is 0 Å². The van der Waals surface area contributed by atoms with E-state index in [4.69, 9.17) is 4.74 Å². The predicted molar refractivity (Wildman–Crippen MR) is 85.2 cm³/mol. The van der Waals surface area contributed by atoms with Gasteiger partial charge >= 0.3 is 29.6 Å². The second-order valence-corrected chi connectivity index (χ2v) is 7.86. The summed E-state index contributed by atoms with van der Waals surface area (Å²) < 4.78 is 41.8. The van der Waals surface area contributed by atoms with Crippen LogP contribution < -0.4 is 34.3 Å². The van der Waals surface area contributed by atoms with E-state index < -0.39 is 27.7 Å². The molecule has 0 aromatic heterocycles. The quantitative estimate of drug-likeness (QED) is 0.265. The molecule has 1 unspecified atom stereocenters. The standard InChI is InChI=1S/C16H24O7S.Na/c1-15(2,11-22-24(19,20)21)12-6-8-13(9-7-12)23-14-5-3-4-10-16(14,17)18;/h6-9,14,17-18H,3-5,10-11H2,1-2H3,(H,19,20,21);/q;+1/p-1. The molecule has 1 saturated carbocycles. The van der Waals surface area contributed by atoms with Crippen LogP contribution in [-0.4, -0.2) is 41.7 Å². The van der Waals surface area contributed by atoms with E-state index in [0.29, 0.717) is 12.2 Å². The Balaban J connectivity index is 0.00000312. The third kappa shape index (κ3) is 6.80. The largest absolute Gasteiger partial charge is 1.00 e. The average Bonchev–Trinajstić information content (AvgIpc) is 2.47. The Morgan fingerprint density at radius 3 is 2.36 bits per heavy atom. The van der Waals surface area contributed by atoms with Gasteiger partial charge in [-0.05, 0) is 37.0 Å². The molecule has 1 fully saturated rings. The summed E-state index contributed by atoms with van der Waals surface area (Å²) >= 11 is 0. The Morgan fingerprint density at radius 2 is 1.84 bits per heavy atom. The smallest absolute Gasteiger partial charge is 0.726 e. The fraction of sp³-hybridized carbons (Fsp3) is 0.625. The summed E-state index contributed by atoms with van der Waals surface area (Å²) in [5.74, 6) is -1.33. The maximum Gasteiger partial charge on any atom is 1.00 e. The number of aliphatic hydroxyl groups is 2. The predicted octanol–water partition coefficient (Wildman–Crippen LogP) is -1.55. The van der Waals surface area contributed by atoms with Gasteiger partial charge in [0, 0.05) is 11.8 Å². The molecule has 0 amide bonds. The third-order valence-electron chi connectivity index (χ3n) is 4.25. The molecule has 7 nitrogen and oxygen atoms in total. The van der Waals surface area contributed by atoms with Crippen molar-refractivity contribution in [2.24, 2.45) is 0 Å².